The molecule has 1 aromatic carbocycles. The molecule has 0 radical (unpaired) electrons. The predicted molar refractivity (Wildman–Crippen MR) is 90.2 cm³/mol. The van der Waals surface area contributed by atoms with E-state index in [1.165, 1.54) is 31.2 Å². The molecule has 0 spiro atoms. The Labute approximate surface area is 150 Å². The van der Waals surface area contributed by atoms with E-state index in [0.29, 0.717) is 5.56 Å². The summed E-state index contributed by atoms with van der Waals surface area (Å²) in [5.74, 6) is -1.10. The first-order valence-corrected chi connectivity index (χ1v) is 8.30. The van der Waals surface area contributed by atoms with E-state index in [0.717, 1.165) is 0 Å². The standard InChI is InChI=1S/C19H20O7/c1-11(20)13(25-19(23)12-5-3-2-4-6-12)7-8-14-17(22)18-15(24-14)9-10-16(21)26-18/h2-11,13-15,17-18,20,22H,1H3/b8-7+/t11-,13+,14+,15-,17-,18+/m1/s1. The van der Waals surface area contributed by atoms with Crippen molar-refractivity contribution in [3.8, 4) is 0 Å². The van der Waals surface area contributed by atoms with Crippen LogP contribution in [0, 0.1) is 0 Å². The Morgan fingerprint density at radius 1 is 1.31 bits per heavy atom. The van der Waals surface area contributed by atoms with Crippen LogP contribution in [0.1, 0.15) is 17.3 Å². The molecule has 0 bridgehead atoms. The van der Waals surface area contributed by atoms with Crippen LogP contribution in [0.5, 0.6) is 0 Å². The number of esters is 2. The molecule has 2 heterocycles. The zero-order chi connectivity index (χ0) is 18.7. The zero-order valence-electron chi connectivity index (χ0n) is 14.1. The highest BCUT2D eigenvalue weighted by Gasteiger charge is 2.45. The quantitative estimate of drug-likeness (QED) is 0.590. The Morgan fingerprint density at radius 3 is 2.73 bits per heavy atom. The highest BCUT2D eigenvalue weighted by atomic mass is 16.6. The van der Waals surface area contributed by atoms with Crippen LogP contribution in [0.15, 0.2) is 54.6 Å². The van der Waals surface area contributed by atoms with Crippen molar-refractivity contribution in [2.75, 3.05) is 0 Å². The normalized spacial score (nSPS) is 29.9. The first-order chi connectivity index (χ1) is 12.5. The average molecular weight is 360 g/mol. The second kappa shape index (κ2) is 7.82. The summed E-state index contributed by atoms with van der Waals surface area (Å²) in [6.07, 6.45) is 0.754. The third-order valence-corrected chi connectivity index (χ3v) is 4.20. The molecule has 0 aromatic heterocycles. The van der Waals surface area contributed by atoms with Crippen molar-refractivity contribution in [2.45, 2.75) is 43.5 Å². The summed E-state index contributed by atoms with van der Waals surface area (Å²) in [4.78, 5) is 23.4. The maximum Gasteiger partial charge on any atom is 0.338 e. The van der Waals surface area contributed by atoms with Gasteiger partial charge in [-0.2, -0.15) is 0 Å². The van der Waals surface area contributed by atoms with Crippen LogP contribution in [0.3, 0.4) is 0 Å². The van der Waals surface area contributed by atoms with Crippen molar-refractivity contribution in [3.63, 3.8) is 0 Å². The number of carbonyl (C=O) groups excluding carboxylic acids is 2. The van der Waals surface area contributed by atoms with Gasteiger partial charge in [0.15, 0.2) is 6.10 Å². The van der Waals surface area contributed by atoms with Crippen LogP contribution in [-0.2, 0) is 19.0 Å². The number of aliphatic hydroxyl groups excluding tert-OH is 2. The molecule has 1 saturated heterocycles. The molecular formula is C19H20O7. The van der Waals surface area contributed by atoms with E-state index < -0.39 is 48.6 Å². The van der Waals surface area contributed by atoms with Gasteiger partial charge in [-0.05, 0) is 31.2 Å². The van der Waals surface area contributed by atoms with Crippen molar-refractivity contribution in [1.29, 1.82) is 0 Å². The minimum atomic E-state index is -1.05. The third-order valence-electron chi connectivity index (χ3n) is 4.20. The van der Waals surface area contributed by atoms with Crippen LogP contribution in [0.2, 0.25) is 0 Å². The van der Waals surface area contributed by atoms with Gasteiger partial charge in [0, 0.05) is 6.08 Å². The minimum absolute atomic E-state index is 0.367. The lowest BCUT2D eigenvalue weighted by Gasteiger charge is -2.20. The van der Waals surface area contributed by atoms with Crippen molar-refractivity contribution in [2.24, 2.45) is 0 Å². The summed E-state index contributed by atoms with van der Waals surface area (Å²) in [6.45, 7) is 1.49. The van der Waals surface area contributed by atoms with Crippen LogP contribution < -0.4 is 0 Å². The average Bonchev–Trinajstić information content (AvgIpc) is 2.94. The summed E-state index contributed by atoms with van der Waals surface area (Å²) in [5, 5.41) is 20.1. The molecule has 0 amide bonds. The largest absolute Gasteiger partial charge is 0.453 e. The topological polar surface area (TPSA) is 102 Å². The maximum absolute atomic E-state index is 12.1. The third kappa shape index (κ3) is 4.01. The fraction of sp³-hybridized carbons (Fsp3) is 0.368. The Hall–Kier alpha value is -2.48. The number of carbonyl (C=O) groups is 2. The molecule has 1 aromatic rings. The van der Waals surface area contributed by atoms with E-state index in [9.17, 15) is 19.8 Å². The smallest absolute Gasteiger partial charge is 0.338 e. The number of hydrogen-bond donors (Lipinski definition) is 2. The van der Waals surface area contributed by atoms with Gasteiger partial charge in [-0.1, -0.05) is 24.3 Å². The first-order valence-electron chi connectivity index (χ1n) is 8.30. The van der Waals surface area contributed by atoms with E-state index in [1.807, 2.05) is 0 Å². The summed E-state index contributed by atoms with van der Waals surface area (Å²) in [5.41, 5.74) is 0.367. The van der Waals surface area contributed by atoms with Crippen LogP contribution in [0.4, 0.5) is 0 Å². The van der Waals surface area contributed by atoms with Gasteiger partial charge in [0.05, 0.1) is 11.7 Å². The van der Waals surface area contributed by atoms with E-state index >= 15 is 0 Å². The highest BCUT2D eigenvalue weighted by Crippen LogP contribution is 2.28. The molecular weight excluding hydrogens is 340 g/mol. The van der Waals surface area contributed by atoms with E-state index in [-0.39, 0.29) is 0 Å². The van der Waals surface area contributed by atoms with Gasteiger partial charge in [0.1, 0.15) is 24.4 Å². The number of hydrogen-bond acceptors (Lipinski definition) is 7. The number of fused-ring (bicyclic) bond motifs is 1. The lowest BCUT2D eigenvalue weighted by Crippen LogP contribution is -2.38. The molecule has 2 aliphatic rings. The Bertz CT molecular complexity index is 710. The van der Waals surface area contributed by atoms with Crippen LogP contribution in [0.25, 0.3) is 0 Å². The summed E-state index contributed by atoms with van der Waals surface area (Å²) < 4.78 is 16.0. The van der Waals surface area contributed by atoms with Crippen molar-refractivity contribution >= 4 is 11.9 Å². The highest BCUT2D eigenvalue weighted by molar-refractivity contribution is 5.89. The van der Waals surface area contributed by atoms with Gasteiger partial charge < -0.3 is 24.4 Å². The zero-order valence-corrected chi connectivity index (χ0v) is 14.1. The Kier molecular flexibility index (Phi) is 5.51. The van der Waals surface area contributed by atoms with Gasteiger partial charge in [-0.25, -0.2) is 9.59 Å². The van der Waals surface area contributed by atoms with Crippen LogP contribution >= 0.6 is 0 Å². The summed E-state index contributed by atoms with van der Waals surface area (Å²) >= 11 is 0. The molecule has 2 N–H and O–H groups in total. The van der Waals surface area contributed by atoms with Gasteiger partial charge in [-0.15, -0.1) is 0 Å². The molecule has 2 aliphatic heterocycles. The molecule has 0 unspecified atom stereocenters. The van der Waals surface area contributed by atoms with E-state index in [4.69, 9.17) is 14.2 Å². The lowest BCUT2D eigenvalue weighted by molar-refractivity contribution is -0.150. The molecule has 3 rings (SSSR count). The fourth-order valence-corrected chi connectivity index (χ4v) is 2.80. The van der Waals surface area contributed by atoms with Gasteiger partial charge in [-0.3, -0.25) is 0 Å². The molecule has 7 heteroatoms. The summed E-state index contributed by atoms with van der Waals surface area (Å²) in [6, 6.07) is 8.43. The van der Waals surface area contributed by atoms with Crippen LogP contribution in [-0.4, -0.2) is 58.8 Å². The number of aliphatic hydroxyl groups is 2. The Balaban J connectivity index is 1.66. The first kappa shape index (κ1) is 18.3. The lowest BCUT2D eigenvalue weighted by atomic mass is 10.0. The van der Waals surface area contributed by atoms with Crippen molar-refractivity contribution < 1.29 is 34.0 Å². The molecule has 6 atom stereocenters. The molecule has 0 saturated carbocycles. The van der Waals surface area contributed by atoms with E-state index in [1.54, 1.807) is 30.3 Å². The minimum Gasteiger partial charge on any atom is -0.453 e. The van der Waals surface area contributed by atoms with Gasteiger partial charge >= 0.3 is 11.9 Å². The second-order valence-electron chi connectivity index (χ2n) is 6.18. The molecule has 1 fully saturated rings. The monoisotopic (exact) mass is 360 g/mol. The summed E-state index contributed by atoms with van der Waals surface area (Å²) in [7, 11) is 0. The molecule has 26 heavy (non-hydrogen) atoms. The predicted octanol–water partition coefficient (Wildman–Crippen LogP) is 0.759. The van der Waals surface area contributed by atoms with Crippen molar-refractivity contribution in [1.82, 2.24) is 0 Å². The maximum atomic E-state index is 12.1. The SMILES string of the molecule is C[C@@H](O)[C@H](/C=C/[C@@H]1O[C@@H]2C=CC(=O)O[C@@H]2[C@@H]1O)OC(=O)c1ccccc1. The number of ether oxygens (including phenoxy) is 3. The van der Waals surface area contributed by atoms with Crippen molar-refractivity contribution in [3.05, 3.63) is 60.2 Å². The number of benzene rings is 1. The molecule has 0 aliphatic carbocycles. The van der Waals surface area contributed by atoms with Gasteiger partial charge in [0.2, 0.25) is 0 Å². The van der Waals surface area contributed by atoms with Gasteiger partial charge in [0.25, 0.3) is 0 Å². The number of rotatable bonds is 5. The fourth-order valence-electron chi connectivity index (χ4n) is 2.80. The Morgan fingerprint density at radius 2 is 2.04 bits per heavy atom. The van der Waals surface area contributed by atoms with E-state index in [2.05, 4.69) is 0 Å². The molecule has 138 valence electrons. The second-order valence-corrected chi connectivity index (χ2v) is 6.18. The molecule has 7 nitrogen and oxygen atoms in total.